The van der Waals surface area contributed by atoms with Crippen LogP contribution in [0.4, 0.5) is 0 Å². The number of aromatic nitrogens is 2. The normalized spacial score (nSPS) is 20.0. The van der Waals surface area contributed by atoms with Crippen molar-refractivity contribution in [2.75, 3.05) is 26.7 Å². The Morgan fingerprint density at radius 1 is 1.43 bits per heavy atom. The maximum absolute atomic E-state index is 4.25. The molecule has 0 saturated carbocycles. The number of hydrogen-bond donors (Lipinski definition) is 1. The van der Waals surface area contributed by atoms with Crippen molar-refractivity contribution in [1.29, 1.82) is 0 Å². The van der Waals surface area contributed by atoms with Crippen LogP contribution in [0.25, 0.3) is 10.4 Å². The van der Waals surface area contributed by atoms with E-state index in [1.165, 1.54) is 41.2 Å². The molecule has 3 rings (SSSR count). The Labute approximate surface area is 130 Å². The van der Waals surface area contributed by atoms with Crippen LogP contribution >= 0.6 is 11.3 Å². The van der Waals surface area contributed by atoms with Gasteiger partial charge >= 0.3 is 0 Å². The lowest BCUT2D eigenvalue weighted by Crippen LogP contribution is -2.38. The third kappa shape index (κ3) is 3.73. The molecule has 0 radical (unpaired) electrons. The molecule has 5 heteroatoms. The van der Waals surface area contributed by atoms with E-state index in [1.54, 1.807) is 0 Å². The first-order chi connectivity index (χ1) is 10.2. The van der Waals surface area contributed by atoms with Gasteiger partial charge in [0.15, 0.2) is 0 Å². The van der Waals surface area contributed by atoms with E-state index in [1.807, 2.05) is 29.3 Å². The minimum atomic E-state index is 0.807. The highest BCUT2D eigenvalue weighted by atomic mass is 32.1. The molecular formula is C16H24N4S. The number of thiophene rings is 1. The molecule has 3 heterocycles. The van der Waals surface area contributed by atoms with Crippen LogP contribution < -0.4 is 5.32 Å². The second-order valence-corrected chi connectivity index (χ2v) is 7.14. The molecule has 1 unspecified atom stereocenters. The number of likely N-dealkylation sites (tertiary alicyclic amines) is 1. The predicted octanol–water partition coefficient (Wildman–Crippen LogP) is 2.58. The molecule has 2 aromatic rings. The lowest BCUT2D eigenvalue weighted by molar-refractivity contribution is 0.168. The van der Waals surface area contributed by atoms with Crippen molar-refractivity contribution in [3.63, 3.8) is 0 Å². The smallest absolute Gasteiger partial charge is 0.0576 e. The van der Waals surface area contributed by atoms with E-state index in [0.717, 1.165) is 19.0 Å². The Kier molecular flexibility index (Phi) is 4.73. The molecule has 1 N–H and O–H groups in total. The van der Waals surface area contributed by atoms with Gasteiger partial charge in [0.25, 0.3) is 0 Å². The van der Waals surface area contributed by atoms with Gasteiger partial charge in [-0.15, -0.1) is 11.3 Å². The quantitative estimate of drug-likeness (QED) is 0.921. The number of nitrogens with one attached hydrogen (secondary N) is 1. The maximum atomic E-state index is 4.25. The molecule has 114 valence electrons. The van der Waals surface area contributed by atoms with E-state index in [9.17, 15) is 0 Å². The van der Waals surface area contributed by atoms with Crippen molar-refractivity contribution in [1.82, 2.24) is 20.0 Å². The molecule has 0 amide bonds. The molecular weight excluding hydrogens is 280 g/mol. The van der Waals surface area contributed by atoms with Crippen LogP contribution in [0.3, 0.4) is 0 Å². The van der Waals surface area contributed by atoms with Crippen LogP contribution in [-0.2, 0) is 13.6 Å². The van der Waals surface area contributed by atoms with Gasteiger partial charge in [0.2, 0.25) is 0 Å². The van der Waals surface area contributed by atoms with E-state index in [2.05, 4.69) is 40.7 Å². The fraction of sp³-hybridized carbons (Fsp3) is 0.562. The summed E-state index contributed by atoms with van der Waals surface area (Å²) in [5.41, 5.74) is 1.22. The van der Waals surface area contributed by atoms with E-state index in [-0.39, 0.29) is 0 Å². The fourth-order valence-corrected chi connectivity index (χ4v) is 4.16. The number of nitrogens with zero attached hydrogens (tertiary/aromatic N) is 3. The summed E-state index contributed by atoms with van der Waals surface area (Å²) in [6.45, 7) is 4.69. The Hall–Kier alpha value is -1.17. The zero-order valence-electron chi connectivity index (χ0n) is 12.9. The third-order valence-corrected chi connectivity index (χ3v) is 5.25. The first-order valence-electron chi connectivity index (χ1n) is 7.69. The van der Waals surface area contributed by atoms with Gasteiger partial charge in [0.1, 0.15) is 0 Å². The lowest BCUT2D eigenvalue weighted by Gasteiger charge is -2.32. The maximum Gasteiger partial charge on any atom is 0.0576 e. The molecule has 1 aliphatic rings. The molecule has 4 nitrogen and oxygen atoms in total. The summed E-state index contributed by atoms with van der Waals surface area (Å²) in [6.07, 6.45) is 6.72. The van der Waals surface area contributed by atoms with Gasteiger partial charge in [-0.2, -0.15) is 5.10 Å². The van der Waals surface area contributed by atoms with Crippen molar-refractivity contribution in [3.8, 4) is 10.4 Å². The standard InChI is InChI=1S/C16H24N4S/c1-17-8-13-4-3-7-20(10-13)12-15-5-6-16(21-15)14-9-18-19(2)11-14/h5-6,9,11,13,17H,3-4,7-8,10,12H2,1-2H3. The summed E-state index contributed by atoms with van der Waals surface area (Å²) in [6, 6.07) is 4.50. The van der Waals surface area contributed by atoms with E-state index < -0.39 is 0 Å². The average Bonchev–Trinajstić information content (AvgIpc) is 3.09. The monoisotopic (exact) mass is 304 g/mol. The molecule has 0 aliphatic carbocycles. The zero-order valence-corrected chi connectivity index (χ0v) is 13.7. The number of piperidine rings is 1. The van der Waals surface area contributed by atoms with Gasteiger partial charge in [-0.05, 0) is 51.0 Å². The third-order valence-electron chi connectivity index (χ3n) is 4.13. The Balaban J connectivity index is 1.61. The summed E-state index contributed by atoms with van der Waals surface area (Å²) < 4.78 is 1.86. The second kappa shape index (κ2) is 6.73. The molecule has 0 spiro atoms. The minimum Gasteiger partial charge on any atom is -0.319 e. The molecule has 1 fully saturated rings. The molecule has 2 aromatic heterocycles. The Morgan fingerprint density at radius 3 is 3.10 bits per heavy atom. The van der Waals surface area contributed by atoms with Crippen LogP contribution in [0.5, 0.6) is 0 Å². The van der Waals surface area contributed by atoms with Gasteiger partial charge < -0.3 is 5.32 Å². The number of aryl methyl sites for hydroxylation is 1. The van der Waals surface area contributed by atoms with Gasteiger partial charge in [-0.3, -0.25) is 9.58 Å². The van der Waals surface area contributed by atoms with Crippen molar-refractivity contribution in [3.05, 3.63) is 29.4 Å². The zero-order chi connectivity index (χ0) is 14.7. The first kappa shape index (κ1) is 14.8. The van der Waals surface area contributed by atoms with Crippen LogP contribution in [0.2, 0.25) is 0 Å². The molecule has 0 aromatic carbocycles. The first-order valence-corrected chi connectivity index (χ1v) is 8.51. The summed E-state index contributed by atoms with van der Waals surface area (Å²) in [5, 5.41) is 7.57. The highest BCUT2D eigenvalue weighted by Gasteiger charge is 2.19. The van der Waals surface area contributed by atoms with Gasteiger partial charge in [0, 0.05) is 41.7 Å². The van der Waals surface area contributed by atoms with Crippen molar-refractivity contribution >= 4 is 11.3 Å². The fourth-order valence-electron chi connectivity index (χ4n) is 3.14. The summed E-state index contributed by atoms with van der Waals surface area (Å²) in [5.74, 6) is 0.807. The highest BCUT2D eigenvalue weighted by Crippen LogP contribution is 2.29. The molecule has 1 saturated heterocycles. The Bertz CT molecular complexity index is 572. The van der Waals surface area contributed by atoms with Gasteiger partial charge in [0.05, 0.1) is 6.20 Å². The van der Waals surface area contributed by atoms with Crippen LogP contribution in [-0.4, -0.2) is 41.4 Å². The Morgan fingerprint density at radius 2 is 2.33 bits per heavy atom. The van der Waals surface area contributed by atoms with Gasteiger partial charge in [-0.1, -0.05) is 0 Å². The summed E-state index contributed by atoms with van der Waals surface area (Å²) in [7, 11) is 4.02. The van der Waals surface area contributed by atoms with Crippen molar-refractivity contribution in [2.24, 2.45) is 13.0 Å². The van der Waals surface area contributed by atoms with Gasteiger partial charge in [-0.25, -0.2) is 0 Å². The molecule has 0 bridgehead atoms. The highest BCUT2D eigenvalue weighted by molar-refractivity contribution is 7.15. The van der Waals surface area contributed by atoms with Crippen molar-refractivity contribution < 1.29 is 0 Å². The molecule has 1 aliphatic heterocycles. The largest absolute Gasteiger partial charge is 0.319 e. The molecule has 1 atom stereocenters. The van der Waals surface area contributed by atoms with Crippen molar-refractivity contribution in [2.45, 2.75) is 19.4 Å². The van der Waals surface area contributed by atoms with Crippen LogP contribution in [0.15, 0.2) is 24.5 Å². The number of hydrogen-bond acceptors (Lipinski definition) is 4. The predicted molar refractivity (Wildman–Crippen MR) is 88.4 cm³/mol. The average molecular weight is 304 g/mol. The van der Waals surface area contributed by atoms with E-state index in [4.69, 9.17) is 0 Å². The molecule has 21 heavy (non-hydrogen) atoms. The summed E-state index contributed by atoms with van der Waals surface area (Å²) >= 11 is 1.90. The second-order valence-electron chi connectivity index (χ2n) is 5.97. The van der Waals surface area contributed by atoms with Crippen LogP contribution in [0.1, 0.15) is 17.7 Å². The SMILES string of the molecule is CNCC1CCCN(Cc2ccc(-c3cnn(C)c3)s2)C1. The topological polar surface area (TPSA) is 33.1 Å². The summed E-state index contributed by atoms with van der Waals surface area (Å²) in [4.78, 5) is 5.38. The van der Waals surface area contributed by atoms with E-state index in [0.29, 0.717) is 0 Å². The number of rotatable bonds is 5. The van der Waals surface area contributed by atoms with Crippen LogP contribution in [0, 0.1) is 5.92 Å². The van der Waals surface area contributed by atoms with E-state index >= 15 is 0 Å². The lowest BCUT2D eigenvalue weighted by atomic mass is 9.98. The minimum absolute atomic E-state index is 0.807.